The van der Waals surface area contributed by atoms with Gasteiger partial charge in [-0.25, -0.2) is 4.98 Å². The van der Waals surface area contributed by atoms with Crippen molar-refractivity contribution < 1.29 is 0 Å². The summed E-state index contributed by atoms with van der Waals surface area (Å²) in [5.41, 5.74) is 1.99. The Hall–Kier alpha value is -0.200. The maximum Gasteiger partial charge on any atom is 0.107 e. The van der Waals surface area contributed by atoms with Gasteiger partial charge in [-0.3, -0.25) is 9.80 Å². The summed E-state index contributed by atoms with van der Waals surface area (Å²) in [6, 6.07) is 0.645. The zero-order valence-corrected chi connectivity index (χ0v) is 16.6. The normalized spacial score (nSPS) is 24.3. The molecule has 2 saturated heterocycles. The van der Waals surface area contributed by atoms with Gasteiger partial charge in [0.05, 0.1) is 12.2 Å². The van der Waals surface area contributed by atoms with Crippen LogP contribution in [0, 0.1) is 5.41 Å². The van der Waals surface area contributed by atoms with Crippen molar-refractivity contribution in [1.29, 1.82) is 0 Å². The molecule has 0 bridgehead atoms. The third-order valence-electron chi connectivity index (χ3n) is 6.08. The number of thiazole rings is 1. The lowest BCUT2D eigenvalue weighted by Gasteiger charge is -2.33. The van der Waals surface area contributed by atoms with Crippen molar-refractivity contribution in [2.45, 2.75) is 58.7 Å². The van der Waals surface area contributed by atoms with Crippen LogP contribution in [0.5, 0.6) is 0 Å². The summed E-state index contributed by atoms with van der Waals surface area (Å²) >= 11 is 1.97. The monoisotopic (exact) mass is 370 g/mol. The summed E-state index contributed by atoms with van der Waals surface area (Å²) in [4.78, 5) is 11.7. The van der Waals surface area contributed by atoms with Crippen molar-refractivity contribution in [3.05, 3.63) is 15.6 Å². The largest absolute Gasteiger partial charge is 0.317 e. The average molecular weight is 371 g/mol. The first kappa shape index (κ1) is 18.6. The van der Waals surface area contributed by atoms with Gasteiger partial charge in [0.1, 0.15) is 5.01 Å². The van der Waals surface area contributed by atoms with Gasteiger partial charge in [0.2, 0.25) is 0 Å². The molecule has 4 heterocycles. The number of rotatable bonds is 3. The Morgan fingerprint density at radius 2 is 2.00 bits per heavy atom. The van der Waals surface area contributed by atoms with Gasteiger partial charge >= 0.3 is 0 Å². The number of nitrogens with one attached hydrogen (secondary N) is 1. The molecule has 0 aromatic carbocycles. The highest BCUT2D eigenvalue weighted by molar-refractivity contribution is 7.11. The Morgan fingerprint density at radius 1 is 1.21 bits per heavy atom. The Labute approximate surface area is 156 Å². The molecule has 1 spiro atoms. The zero-order chi connectivity index (χ0) is 15.9. The summed E-state index contributed by atoms with van der Waals surface area (Å²) in [7, 11) is 0. The topological polar surface area (TPSA) is 31.4 Å². The molecule has 4 nitrogen and oxygen atoms in total. The van der Waals surface area contributed by atoms with Crippen LogP contribution in [0.2, 0.25) is 0 Å². The quantitative estimate of drug-likeness (QED) is 0.886. The van der Waals surface area contributed by atoms with Crippen LogP contribution < -0.4 is 5.32 Å². The Balaban J connectivity index is 0.00000169. The molecule has 3 aliphatic heterocycles. The van der Waals surface area contributed by atoms with E-state index in [0.717, 1.165) is 19.5 Å². The fourth-order valence-corrected chi connectivity index (χ4v) is 5.68. The van der Waals surface area contributed by atoms with E-state index >= 15 is 0 Å². The van der Waals surface area contributed by atoms with Crippen molar-refractivity contribution in [3.8, 4) is 0 Å². The van der Waals surface area contributed by atoms with E-state index in [1.807, 2.05) is 11.3 Å². The number of fused-ring (bicyclic) bond motifs is 1. The number of halogens is 1. The molecule has 1 aromatic rings. The summed E-state index contributed by atoms with van der Waals surface area (Å²) in [6.45, 7) is 12.9. The van der Waals surface area contributed by atoms with Gasteiger partial charge in [-0.05, 0) is 58.2 Å². The summed E-state index contributed by atoms with van der Waals surface area (Å²) < 4.78 is 0. The van der Waals surface area contributed by atoms with E-state index in [0.29, 0.717) is 11.5 Å². The van der Waals surface area contributed by atoms with Crippen LogP contribution in [0.1, 0.15) is 48.7 Å². The lowest BCUT2D eigenvalue weighted by Crippen LogP contribution is -2.38. The molecule has 0 saturated carbocycles. The molecule has 3 aliphatic rings. The molecule has 0 unspecified atom stereocenters. The molecule has 0 radical (unpaired) electrons. The SMILES string of the molecule is CC(C)N1CCc2nc(CN3CCC4(CCNCC4)C3)sc2C1.Cl. The van der Waals surface area contributed by atoms with E-state index < -0.39 is 0 Å². The number of aromatic nitrogens is 1. The average Bonchev–Trinajstić information content (AvgIpc) is 3.11. The lowest BCUT2D eigenvalue weighted by molar-refractivity contribution is 0.193. The van der Waals surface area contributed by atoms with E-state index in [-0.39, 0.29) is 12.4 Å². The van der Waals surface area contributed by atoms with Gasteiger partial charge in [0.25, 0.3) is 0 Å². The second-order valence-corrected chi connectivity index (χ2v) is 9.17. The van der Waals surface area contributed by atoms with Gasteiger partial charge in [-0.15, -0.1) is 23.7 Å². The van der Waals surface area contributed by atoms with Crippen molar-refractivity contribution in [2.75, 3.05) is 32.7 Å². The van der Waals surface area contributed by atoms with Crippen LogP contribution in [0.15, 0.2) is 0 Å². The molecule has 1 aromatic heterocycles. The predicted octanol–water partition coefficient (Wildman–Crippen LogP) is 2.91. The minimum atomic E-state index is 0. The van der Waals surface area contributed by atoms with Crippen molar-refractivity contribution in [2.24, 2.45) is 5.41 Å². The molecular weight excluding hydrogens is 340 g/mol. The van der Waals surface area contributed by atoms with E-state index in [9.17, 15) is 0 Å². The highest BCUT2D eigenvalue weighted by Gasteiger charge is 2.39. The third kappa shape index (κ3) is 3.80. The van der Waals surface area contributed by atoms with Crippen LogP contribution >= 0.6 is 23.7 Å². The Morgan fingerprint density at radius 3 is 2.75 bits per heavy atom. The number of likely N-dealkylation sites (tertiary alicyclic amines) is 1. The lowest BCUT2D eigenvalue weighted by atomic mass is 9.78. The highest BCUT2D eigenvalue weighted by atomic mass is 35.5. The Kier molecular flexibility index (Phi) is 5.87. The molecule has 0 atom stereocenters. The van der Waals surface area contributed by atoms with Gasteiger partial charge in [-0.2, -0.15) is 0 Å². The number of hydrogen-bond donors (Lipinski definition) is 1. The minimum absolute atomic E-state index is 0. The number of hydrogen-bond acceptors (Lipinski definition) is 5. The fourth-order valence-electron chi connectivity index (χ4n) is 4.50. The molecule has 0 amide bonds. The molecule has 6 heteroatoms. The van der Waals surface area contributed by atoms with Gasteiger partial charge in [-0.1, -0.05) is 0 Å². The van der Waals surface area contributed by atoms with Crippen LogP contribution in [-0.2, 0) is 19.5 Å². The summed E-state index contributed by atoms with van der Waals surface area (Å²) in [5, 5.41) is 4.87. The van der Waals surface area contributed by atoms with E-state index in [1.165, 1.54) is 67.6 Å². The number of nitrogens with zero attached hydrogens (tertiary/aromatic N) is 3. The highest BCUT2D eigenvalue weighted by Crippen LogP contribution is 2.39. The van der Waals surface area contributed by atoms with Crippen molar-refractivity contribution in [1.82, 2.24) is 20.1 Å². The van der Waals surface area contributed by atoms with E-state index in [1.54, 1.807) is 0 Å². The van der Waals surface area contributed by atoms with Crippen LogP contribution in [0.3, 0.4) is 0 Å². The van der Waals surface area contributed by atoms with E-state index in [4.69, 9.17) is 4.98 Å². The molecule has 136 valence electrons. The maximum absolute atomic E-state index is 4.98. The first-order valence-corrected chi connectivity index (χ1v) is 10.1. The third-order valence-corrected chi connectivity index (χ3v) is 7.14. The molecule has 1 N–H and O–H groups in total. The maximum atomic E-state index is 4.98. The van der Waals surface area contributed by atoms with Gasteiger partial charge in [0, 0.05) is 37.0 Å². The van der Waals surface area contributed by atoms with Crippen LogP contribution in [0.4, 0.5) is 0 Å². The molecule has 4 rings (SSSR count). The fraction of sp³-hybridized carbons (Fsp3) is 0.833. The second-order valence-electron chi connectivity index (χ2n) is 8.00. The molecular formula is C18H31ClN4S. The van der Waals surface area contributed by atoms with Crippen LogP contribution in [0.25, 0.3) is 0 Å². The minimum Gasteiger partial charge on any atom is -0.317 e. The summed E-state index contributed by atoms with van der Waals surface area (Å²) in [6.07, 6.45) is 5.25. The second kappa shape index (κ2) is 7.58. The van der Waals surface area contributed by atoms with Crippen LogP contribution in [-0.4, -0.2) is 53.5 Å². The molecule has 24 heavy (non-hydrogen) atoms. The predicted molar refractivity (Wildman–Crippen MR) is 103 cm³/mol. The zero-order valence-electron chi connectivity index (χ0n) is 15.0. The smallest absolute Gasteiger partial charge is 0.107 e. The number of piperidine rings is 1. The first-order chi connectivity index (χ1) is 11.1. The molecule has 2 fully saturated rings. The first-order valence-electron chi connectivity index (χ1n) is 9.28. The van der Waals surface area contributed by atoms with Gasteiger partial charge < -0.3 is 5.32 Å². The van der Waals surface area contributed by atoms with Gasteiger partial charge in [0.15, 0.2) is 0 Å². The Bertz CT molecular complexity index is 553. The van der Waals surface area contributed by atoms with E-state index in [2.05, 4.69) is 29.0 Å². The molecule has 0 aliphatic carbocycles. The van der Waals surface area contributed by atoms with Crippen molar-refractivity contribution >= 4 is 23.7 Å². The standard InChI is InChI=1S/C18H30N4S.ClH/c1-14(2)22-9-3-15-16(11-22)23-17(20-15)12-21-10-6-18(13-21)4-7-19-8-5-18;/h14,19H,3-13H2,1-2H3;1H. The van der Waals surface area contributed by atoms with Crippen molar-refractivity contribution in [3.63, 3.8) is 0 Å². The summed E-state index contributed by atoms with van der Waals surface area (Å²) in [5.74, 6) is 0.